The van der Waals surface area contributed by atoms with Crippen LogP contribution in [0.2, 0.25) is 4.34 Å². The molecule has 0 bridgehead atoms. The molecule has 1 N–H and O–H groups in total. The molecule has 1 aromatic rings. The van der Waals surface area contributed by atoms with E-state index < -0.39 is 0 Å². The molecule has 0 radical (unpaired) electrons. The molecule has 1 rings (SSSR count). The normalized spacial score (nSPS) is 13.4. The fourth-order valence-corrected chi connectivity index (χ4v) is 2.63. The van der Waals surface area contributed by atoms with Crippen molar-refractivity contribution in [1.82, 2.24) is 10.2 Å². The number of hydrogen-bond acceptors (Lipinski definition) is 3. The average molecular weight is 247 g/mol. The van der Waals surface area contributed by atoms with Crippen LogP contribution in [0.25, 0.3) is 0 Å². The van der Waals surface area contributed by atoms with Crippen molar-refractivity contribution >= 4 is 22.9 Å². The minimum Gasteiger partial charge on any atom is -0.317 e. The number of rotatable bonds is 6. The molecule has 0 aromatic carbocycles. The molecule has 0 amide bonds. The first kappa shape index (κ1) is 13.0. The van der Waals surface area contributed by atoms with Gasteiger partial charge in [-0.3, -0.25) is 0 Å². The minimum absolute atomic E-state index is 0.544. The Morgan fingerprint density at radius 2 is 2.20 bits per heavy atom. The second kappa shape index (κ2) is 6.48. The standard InChI is InChI=1S/C11H19ClN2S/c1-13-9(6-7-14(2)3)8-10-4-5-11(12)15-10/h4-5,9,13H,6-8H2,1-3H3. The van der Waals surface area contributed by atoms with E-state index in [4.69, 9.17) is 11.6 Å². The van der Waals surface area contributed by atoms with Gasteiger partial charge in [-0.05, 0) is 52.7 Å². The largest absolute Gasteiger partial charge is 0.317 e. The average Bonchev–Trinajstić information content (AvgIpc) is 2.58. The molecule has 0 aliphatic carbocycles. The van der Waals surface area contributed by atoms with Crippen molar-refractivity contribution in [3.8, 4) is 0 Å². The van der Waals surface area contributed by atoms with Crippen molar-refractivity contribution in [2.24, 2.45) is 0 Å². The van der Waals surface area contributed by atoms with Crippen molar-refractivity contribution in [3.63, 3.8) is 0 Å². The minimum atomic E-state index is 0.544. The van der Waals surface area contributed by atoms with E-state index >= 15 is 0 Å². The van der Waals surface area contributed by atoms with Crippen molar-refractivity contribution in [3.05, 3.63) is 21.3 Å². The molecule has 2 nitrogen and oxygen atoms in total. The molecule has 1 atom stereocenters. The summed E-state index contributed by atoms with van der Waals surface area (Å²) in [4.78, 5) is 3.57. The van der Waals surface area contributed by atoms with Crippen molar-refractivity contribution < 1.29 is 0 Å². The third kappa shape index (κ3) is 4.98. The lowest BCUT2D eigenvalue weighted by Crippen LogP contribution is -2.31. The van der Waals surface area contributed by atoms with E-state index in [0.717, 1.165) is 17.3 Å². The summed E-state index contributed by atoms with van der Waals surface area (Å²) in [7, 11) is 6.24. The van der Waals surface area contributed by atoms with E-state index in [1.54, 1.807) is 11.3 Å². The van der Waals surface area contributed by atoms with Gasteiger partial charge < -0.3 is 10.2 Å². The van der Waals surface area contributed by atoms with Gasteiger partial charge in [-0.15, -0.1) is 11.3 Å². The summed E-state index contributed by atoms with van der Waals surface area (Å²) in [5.41, 5.74) is 0. The van der Waals surface area contributed by atoms with Crippen LogP contribution in [-0.2, 0) is 6.42 Å². The van der Waals surface area contributed by atoms with Gasteiger partial charge in [-0.25, -0.2) is 0 Å². The van der Waals surface area contributed by atoms with Crippen LogP contribution in [0.1, 0.15) is 11.3 Å². The second-order valence-electron chi connectivity index (χ2n) is 3.99. The number of nitrogens with one attached hydrogen (secondary N) is 1. The van der Waals surface area contributed by atoms with E-state index in [9.17, 15) is 0 Å². The van der Waals surface area contributed by atoms with Crippen molar-refractivity contribution in [2.45, 2.75) is 18.9 Å². The van der Waals surface area contributed by atoms with E-state index in [1.807, 2.05) is 13.1 Å². The Labute approximate surface area is 101 Å². The molecule has 15 heavy (non-hydrogen) atoms. The molecule has 0 aliphatic heterocycles. The monoisotopic (exact) mass is 246 g/mol. The quantitative estimate of drug-likeness (QED) is 0.830. The summed E-state index contributed by atoms with van der Waals surface area (Å²) in [6.07, 6.45) is 2.24. The van der Waals surface area contributed by atoms with Crippen LogP contribution in [0, 0.1) is 0 Å². The molecule has 0 saturated heterocycles. The van der Waals surface area contributed by atoms with Gasteiger partial charge in [0.15, 0.2) is 0 Å². The Morgan fingerprint density at radius 3 is 2.67 bits per heavy atom. The highest BCUT2D eigenvalue weighted by molar-refractivity contribution is 7.16. The van der Waals surface area contributed by atoms with Gasteiger partial charge in [0, 0.05) is 10.9 Å². The predicted molar refractivity (Wildman–Crippen MR) is 69.1 cm³/mol. The highest BCUT2D eigenvalue weighted by Crippen LogP contribution is 2.22. The third-order valence-electron chi connectivity index (χ3n) is 2.41. The van der Waals surface area contributed by atoms with Gasteiger partial charge in [0.25, 0.3) is 0 Å². The Hall–Kier alpha value is -0.0900. The van der Waals surface area contributed by atoms with Crippen LogP contribution >= 0.6 is 22.9 Å². The number of thiophene rings is 1. The van der Waals surface area contributed by atoms with Crippen LogP contribution in [0.5, 0.6) is 0 Å². The Bertz CT molecular complexity index is 286. The Balaban J connectivity index is 2.39. The zero-order valence-electron chi connectivity index (χ0n) is 9.59. The van der Waals surface area contributed by atoms with Crippen LogP contribution in [0.4, 0.5) is 0 Å². The lowest BCUT2D eigenvalue weighted by molar-refractivity contribution is 0.365. The van der Waals surface area contributed by atoms with Crippen LogP contribution < -0.4 is 5.32 Å². The molecule has 0 fully saturated rings. The molecular formula is C11H19ClN2S. The highest BCUT2D eigenvalue weighted by Gasteiger charge is 2.09. The summed E-state index contributed by atoms with van der Waals surface area (Å²) in [6, 6.07) is 4.63. The van der Waals surface area contributed by atoms with E-state index in [1.165, 1.54) is 11.3 Å². The summed E-state index contributed by atoms with van der Waals surface area (Å²) in [5, 5.41) is 3.35. The summed E-state index contributed by atoms with van der Waals surface area (Å²) in [5.74, 6) is 0. The zero-order valence-corrected chi connectivity index (χ0v) is 11.2. The maximum Gasteiger partial charge on any atom is 0.0931 e. The summed E-state index contributed by atoms with van der Waals surface area (Å²) >= 11 is 7.58. The highest BCUT2D eigenvalue weighted by atomic mass is 35.5. The molecule has 0 spiro atoms. The molecule has 0 saturated carbocycles. The SMILES string of the molecule is CNC(CCN(C)C)Cc1ccc(Cl)s1. The van der Waals surface area contributed by atoms with Crippen LogP contribution in [0.3, 0.4) is 0 Å². The summed E-state index contributed by atoms with van der Waals surface area (Å²) < 4.78 is 0.882. The zero-order chi connectivity index (χ0) is 11.3. The topological polar surface area (TPSA) is 15.3 Å². The molecule has 1 aromatic heterocycles. The van der Waals surface area contributed by atoms with E-state index in [2.05, 4.69) is 30.4 Å². The Morgan fingerprint density at radius 1 is 1.47 bits per heavy atom. The lowest BCUT2D eigenvalue weighted by atomic mass is 10.1. The second-order valence-corrected chi connectivity index (χ2v) is 5.79. The molecular weight excluding hydrogens is 228 g/mol. The molecule has 4 heteroatoms. The number of nitrogens with zero attached hydrogens (tertiary/aromatic N) is 1. The van der Waals surface area contributed by atoms with Gasteiger partial charge in [0.2, 0.25) is 0 Å². The van der Waals surface area contributed by atoms with Crippen molar-refractivity contribution in [2.75, 3.05) is 27.7 Å². The van der Waals surface area contributed by atoms with Gasteiger partial charge in [0.05, 0.1) is 4.34 Å². The first-order valence-electron chi connectivity index (χ1n) is 5.18. The first-order valence-corrected chi connectivity index (χ1v) is 6.37. The van der Waals surface area contributed by atoms with Crippen LogP contribution in [-0.4, -0.2) is 38.6 Å². The number of halogens is 1. The molecule has 0 aliphatic rings. The van der Waals surface area contributed by atoms with Gasteiger partial charge in [0.1, 0.15) is 0 Å². The molecule has 86 valence electrons. The maximum absolute atomic E-state index is 5.90. The van der Waals surface area contributed by atoms with E-state index in [0.29, 0.717) is 6.04 Å². The van der Waals surface area contributed by atoms with Gasteiger partial charge in [-0.1, -0.05) is 11.6 Å². The Kier molecular flexibility index (Phi) is 5.61. The number of hydrogen-bond donors (Lipinski definition) is 1. The predicted octanol–water partition coefficient (Wildman–Crippen LogP) is 2.48. The van der Waals surface area contributed by atoms with Crippen molar-refractivity contribution in [1.29, 1.82) is 0 Å². The molecule has 1 heterocycles. The first-order chi connectivity index (χ1) is 7.11. The third-order valence-corrected chi connectivity index (χ3v) is 3.66. The fraction of sp³-hybridized carbons (Fsp3) is 0.636. The van der Waals surface area contributed by atoms with Gasteiger partial charge >= 0.3 is 0 Å². The smallest absolute Gasteiger partial charge is 0.0931 e. The maximum atomic E-state index is 5.90. The van der Waals surface area contributed by atoms with Crippen LogP contribution in [0.15, 0.2) is 12.1 Å². The number of likely N-dealkylation sites (N-methyl/N-ethyl adjacent to an activating group) is 1. The summed E-state index contributed by atoms with van der Waals surface area (Å²) in [6.45, 7) is 1.12. The van der Waals surface area contributed by atoms with Gasteiger partial charge in [-0.2, -0.15) is 0 Å². The molecule has 1 unspecified atom stereocenters. The lowest BCUT2D eigenvalue weighted by Gasteiger charge is -2.17. The van der Waals surface area contributed by atoms with E-state index in [-0.39, 0.29) is 0 Å². The fourth-order valence-electron chi connectivity index (χ4n) is 1.47.